The van der Waals surface area contributed by atoms with Gasteiger partial charge in [-0.1, -0.05) is 12.1 Å². The van der Waals surface area contributed by atoms with Crippen LogP contribution in [0.1, 0.15) is 0 Å². The molecule has 2 aromatic heterocycles. The SMILES string of the molecule is CN(CCO)c1ncc(-c2nc3ccccc3o2)cn1. The molecule has 0 aliphatic heterocycles. The van der Waals surface area contributed by atoms with Gasteiger partial charge in [0.05, 0.1) is 12.2 Å². The van der Waals surface area contributed by atoms with Crippen molar-refractivity contribution in [2.75, 3.05) is 25.1 Å². The van der Waals surface area contributed by atoms with Crippen molar-refractivity contribution < 1.29 is 9.52 Å². The molecule has 0 aliphatic rings. The number of aliphatic hydroxyl groups is 1. The summed E-state index contributed by atoms with van der Waals surface area (Å²) >= 11 is 0. The molecule has 0 bridgehead atoms. The van der Waals surface area contributed by atoms with Gasteiger partial charge in [-0.15, -0.1) is 0 Å². The molecule has 3 rings (SSSR count). The van der Waals surface area contributed by atoms with Crippen LogP contribution in [0.15, 0.2) is 41.1 Å². The minimum Gasteiger partial charge on any atom is -0.436 e. The first-order chi connectivity index (χ1) is 9.78. The van der Waals surface area contributed by atoms with E-state index < -0.39 is 0 Å². The molecule has 0 radical (unpaired) electrons. The number of fused-ring (bicyclic) bond motifs is 1. The Balaban J connectivity index is 1.90. The number of hydrogen-bond donors (Lipinski definition) is 1. The molecule has 102 valence electrons. The van der Waals surface area contributed by atoms with Gasteiger partial charge >= 0.3 is 0 Å². The number of benzene rings is 1. The predicted octanol–water partition coefficient (Wildman–Crippen LogP) is 1.71. The lowest BCUT2D eigenvalue weighted by atomic mass is 10.3. The molecule has 0 fully saturated rings. The summed E-state index contributed by atoms with van der Waals surface area (Å²) in [4.78, 5) is 14.7. The van der Waals surface area contributed by atoms with Crippen molar-refractivity contribution in [2.45, 2.75) is 0 Å². The highest BCUT2D eigenvalue weighted by Crippen LogP contribution is 2.23. The lowest BCUT2D eigenvalue weighted by Gasteiger charge is -2.14. The van der Waals surface area contributed by atoms with E-state index in [0.29, 0.717) is 18.4 Å². The maximum Gasteiger partial charge on any atom is 0.230 e. The largest absolute Gasteiger partial charge is 0.436 e. The Morgan fingerprint density at radius 2 is 1.95 bits per heavy atom. The molecule has 0 saturated carbocycles. The Morgan fingerprint density at radius 1 is 1.20 bits per heavy atom. The van der Waals surface area contributed by atoms with Crippen molar-refractivity contribution in [3.05, 3.63) is 36.7 Å². The lowest BCUT2D eigenvalue weighted by Crippen LogP contribution is -2.23. The Kier molecular flexibility index (Phi) is 3.30. The molecule has 0 atom stereocenters. The highest BCUT2D eigenvalue weighted by atomic mass is 16.3. The molecule has 0 unspecified atom stereocenters. The highest BCUT2D eigenvalue weighted by Gasteiger charge is 2.10. The Hall–Kier alpha value is -2.47. The van der Waals surface area contributed by atoms with Crippen LogP contribution in [-0.4, -0.2) is 40.3 Å². The van der Waals surface area contributed by atoms with Crippen molar-refractivity contribution in [2.24, 2.45) is 0 Å². The van der Waals surface area contributed by atoms with Gasteiger partial charge in [0.25, 0.3) is 0 Å². The average Bonchev–Trinajstić information content (AvgIpc) is 2.91. The molecule has 6 nitrogen and oxygen atoms in total. The van der Waals surface area contributed by atoms with Gasteiger partial charge in [0.2, 0.25) is 11.8 Å². The minimum atomic E-state index is 0.0622. The number of oxazole rings is 1. The normalized spacial score (nSPS) is 10.9. The van der Waals surface area contributed by atoms with Crippen molar-refractivity contribution in [1.82, 2.24) is 15.0 Å². The third-order valence-electron chi connectivity index (χ3n) is 2.96. The zero-order valence-electron chi connectivity index (χ0n) is 11.0. The third-order valence-corrected chi connectivity index (χ3v) is 2.96. The zero-order valence-corrected chi connectivity index (χ0v) is 11.0. The van der Waals surface area contributed by atoms with Crippen LogP contribution in [0.5, 0.6) is 0 Å². The molecule has 0 aliphatic carbocycles. The van der Waals surface area contributed by atoms with Crippen LogP contribution in [0, 0.1) is 0 Å². The van der Waals surface area contributed by atoms with Gasteiger partial charge in [-0.25, -0.2) is 15.0 Å². The summed E-state index contributed by atoms with van der Waals surface area (Å²) in [5, 5.41) is 8.89. The fourth-order valence-corrected chi connectivity index (χ4v) is 1.87. The second kappa shape index (κ2) is 5.26. The molecule has 1 N–H and O–H groups in total. The van der Waals surface area contributed by atoms with Crippen molar-refractivity contribution >= 4 is 17.0 Å². The fraction of sp³-hybridized carbons (Fsp3) is 0.214. The summed E-state index contributed by atoms with van der Waals surface area (Å²) in [6.45, 7) is 0.551. The Morgan fingerprint density at radius 3 is 2.65 bits per heavy atom. The number of likely N-dealkylation sites (N-methyl/N-ethyl adjacent to an activating group) is 1. The fourth-order valence-electron chi connectivity index (χ4n) is 1.87. The molecule has 3 aromatic rings. The number of aliphatic hydroxyl groups excluding tert-OH is 1. The van der Waals surface area contributed by atoms with Crippen LogP contribution in [0.2, 0.25) is 0 Å². The molecule has 1 aromatic carbocycles. The molecule has 2 heterocycles. The topological polar surface area (TPSA) is 75.3 Å². The van der Waals surface area contributed by atoms with E-state index in [-0.39, 0.29) is 6.61 Å². The third kappa shape index (κ3) is 2.33. The quantitative estimate of drug-likeness (QED) is 0.778. The molecular weight excluding hydrogens is 256 g/mol. The molecule has 0 saturated heterocycles. The van der Waals surface area contributed by atoms with Gasteiger partial charge in [-0.05, 0) is 12.1 Å². The van der Waals surface area contributed by atoms with Crippen LogP contribution in [0.25, 0.3) is 22.6 Å². The second-order valence-electron chi connectivity index (χ2n) is 4.40. The number of aromatic nitrogens is 3. The van der Waals surface area contributed by atoms with E-state index in [0.717, 1.165) is 16.7 Å². The predicted molar refractivity (Wildman–Crippen MR) is 75.4 cm³/mol. The molecule has 6 heteroatoms. The van der Waals surface area contributed by atoms with Crippen LogP contribution in [0.4, 0.5) is 5.95 Å². The van der Waals surface area contributed by atoms with E-state index in [1.54, 1.807) is 17.3 Å². The lowest BCUT2D eigenvalue weighted by molar-refractivity contribution is 0.303. The van der Waals surface area contributed by atoms with Gasteiger partial charge in [-0.2, -0.15) is 0 Å². The van der Waals surface area contributed by atoms with E-state index in [4.69, 9.17) is 9.52 Å². The first-order valence-electron chi connectivity index (χ1n) is 6.28. The summed E-state index contributed by atoms with van der Waals surface area (Å²) in [5.74, 6) is 1.06. The summed E-state index contributed by atoms with van der Waals surface area (Å²) in [5.41, 5.74) is 2.27. The van der Waals surface area contributed by atoms with Gasteiger partial charge in [0, 0.05) is 26.0 Å². The number of nitrogens with zero attached hydrogens (tertiary/aromatic N) is 4. The van der Waals surface area contributed by atoms with Gasteiger partial charge in [0.1, 0.15) is 5.52 Å². The molecule has 20 heavy (non-hydrogen) atoms. The van der Waals surface area contributed by atoms with Crippen LogP contribution in [0.3, 0.4) is 0 Å². The summed E-state index contributed by atoms with van der Waals surface area (Å²) in [7, 11) is 1.82. The Bertz CT molecular complexity index is 676. The minimum absolute atomic E-state index is 0.0622. The van der Waals surface area contributed by atoms with Crippen LogP contribution < -0.4 is 4.90 Å². The van der Waals surface area contributed by atoms with E-state index in [1.165, 1.54) is 0 Å². The second-order valence-corrected chi connectivity index (χ2v) is 4.40. The maximum atomic E-state index is 8.89. The first kappa shape index (κ1) is 12.6. The van der Waals surface area contributed by atoms with Gasteiger partial charge in [0.15, 0.2) is 5.58 Å². The van der Waals surface area contributed by atoms with Gasteiger partial charge in [-0.3, -0.25) is 0 Å². The first-order valence-corrected chi connectivity index (χ1v) is 6.28. The zero-order chi connectivity index (χ0) is 13.9. The van der Waals surface area contributed by atoms with Crippen LogP contribution >= 0.6 is 0 Å². The van der Waals surface area contributed by atoms with Crippen LogP contribution in [-0.2, 0) is 0 Å². The number of rotatable bonds is 4. The summed E-state index contributed by atoms with van der Waals surface area (Å²) in [6.07, 6.45) is 3.34. The summed E-state index contributed by atoms with van der Waals surface area (Å²) in [6, 6.07) is 7.58. The number of anilines is 1. The molecule has 0 spiro atoms. The number of hydrogen-bond acceptors (Lipinski definition) is 6. The smallest absolute Gasteiger partial charge is 0.230 e. The molecular formula is C14H14N4O2. The summed E-state index contributed by atoms with van der Waals surface area (Å²) < 4.78 is 5.66. The Labute approximate surface area is 115 Å². The molecule has 0 amide bonds. The number of para-hydroxylation sites is 2. The maximum absolute atomic E-state index is 8.89. The van der Waals surface area contributed by atoms with E-state index in [1.807, 2.05) is 31.3 Å². The highest BCUT2D eigenvalue weighted by molar-refractivity contribution is 5.75. The van der Waals surface area contributed by atoms with E-state index in [9.17, 15) is 0 Å². The van der Waals surface area contributed by atoms with E-state index in [2.05, 4.69) is 15.0 Å². The van der Waals surface area contributed by atoms with Crippen molar-refractivity contribution in [1.29, 1.82) is 0 Å². The van der Waals surface area contributed by atoms with Crippen molar-refractivity contribution in [3.8, 4) is 11.5 Å². The van der Waals surface area contributed by atoms with Gasteiger partial charge < -0.3 is 14.4 Å². The van der Waals surface area contributed by atoms with E-state index >= 15 is 0 Å². The standard InChI is InChI=1S/C14H14N4O2/c1-18(6-7-19)14-15-8-10(9-16-14)13-17-11-4-2-3-5-12(11)20-13/h2-5,8-9,19H,6-7H2,1H3. The monoisotopic (exact) mass is 270 g/mol. The van der Waals surface area contributed by atoms with Crippen molar-refractivity contribution in [3.63, 3.8) is 0 Å². The average molecular weight is 270 g/mol.